The first-order chi connectivity index (χ1) is 10.9. The maximum Gasteiger partial charge on any atom is 0.416 e. The molecular weight excluding hydrogens is 303 g/mol. The Labute approximate surface area is 134 Å². The fraction of sp³-hybridized carbons (Fsp3) is 0.500. The van der Waals surface area contributed by atoms with E-state index in [-0.39, 0.29) is 5.78 Å². The summed E-state index contributed by atoms with van der Waals surface area (Å²) >= 11 is 0. The number of fused-ring (bicyclic) bond motifs is 1. The van der Waals surface area contributed by atoms with Crippen LogP contribution in [0.2, 0.25) is 0 Å². The van der Waals surface area contributed by atoms with Crippen molar-refractivity contribution < 1.29 is 18.0 Å². The summed E-state index contributed by atoms with van der Waals surface area (Å²) in [6.07, 6.45) is -1.23. The van der Waals surface area contributed by atoms with Crippen molar-refractivity contribution in [2.24, 2.45) is 17.8 Å². The van der Waals surface area contributed by atoms with Crippen LogP contribution in [0.5, 0.6) is 0 Å². The highest BCUT2D eigenvalue weighted by Gasteiger charge is 2.52. The Morgan fingerprint density at radius 3 is 2.57 bits per heavy atom. The Hall–Kier alpha value is -1.62. The fourth-order valence-electron chi connectivity index (χ4n) is 3.76. The van der Waals surface area contributed by atoms with Crippen LogP contribution in [0.25, 0.3) is 0 Å². The van der Waals surface area contributed by atoms with E-state index in [1.807, 2.05) is 0 Å². The van der Waals surface area contributed by atoms with Crippen molar-refractivity contribution >= 4 is 5.78 Å². The van der Waals surface area contributed by atoms with Crippen LogP contribution >= 0.6 is 0 Å². The van der Waals surface area contributed by atoms with Gasteiger partial charge in [-0.05, 0) is 54.5 Å². The van der Waals surface area contributed by atoms with Gasteiger partial charge in [0, 0.05) is 19.5 Å². The third-order valence-electron chi connectivity index (χ3n) is 5.11. The average Bonchev–Trinajstić information content (AvgIpc) is 3.19. The van der Waals surface area contributed by atoms with Gasteiger partial charge in [-0.25, -0.2) is 0 Å². The second-order valence-electron chi connectivity index (χ2n) is 6.58. The lowest BCUT2D eigenvalue weighted by atomic mass is 10.1. The van der Waals surface area contributed by atoms with Crippen LogP contribution in [0.1, 0.15) is 24.0 Å². The van der Waals surface area contributed by atoms with Gasteiger partial charge in [-0.1, -0.05) is 18.7 Å². The number of ketones is 1. The Morgan fingerprint density at radius 1 is 1.26 bits per heavy atom. The largest absolute Gasteiger partial charge is 0.416 e. The summed E-state index contributed by atoms with van der Waals surface area (Å²) in [6.45, 7) is 6.06. The van der Waals surface area contributed by atoms with E-state index in [4.69, 9.17) is 0 Å². The molecule has 3 atom stereocenters. The molecule has 1 saturated carbocycles. The quantitative estimate of drug-likeness (QED) is 0.766. The van der Waals surface area contributed by atoms with Gasteiger partial charge in [-0.3, -0.25) is 9.69 Å². The van der Waals surface area contributed by atoms with Crippen molar-refractivity contribution in [2.45, 2.75) is 25.6 Å². The molecule has 1 aliphatic carbocycles. The minimum Gasteiger partial charge on any atom is -0.299 e. The van der Waals surface area contributed by atoms with Crippen molar-refractivity contribution in [1.82, 2.24) is 4.90 Å². The van der Waals surface area contributed by atoms with Crippen molar-refractivity contribution in [3.8, 4) is 0 Å². The van der Waals surface area contributed by atoms with E-state index < -0.39 is 11.7 Å². The normalized spacial score (nSPS) is 27.3. The standard InChI is InChI=1S/C18H20F3NO/c1-2-14(23)9-16-15-7-8-22(11-17(15)16)10-12-3-5-13(6-4-12)18(19,20)21/h2-6,15-17H,1,7-11H2/t15-,16-,17-/m0/s1. The van der Waals surface area contributed by atoms with Crippen LogP contribution in [0.3, 0.4) is 0 Å². The molecule has 0 amide bonds. The van der Waals surface area contributed by atoms with Crippen LogP contribution in [0.4, 0.5) is 13.2 Å². The number of benzene rings is 1. The van der Waals surface area contributed by atoms with Gasteiger partial charge >= 0.3 is 6.18 Å². The highest BCUT2D eigenvalue weighted by atomic mass is 19.4. The summed E-state index contributed by atoms with van der Waals surface area (Å²) in [5, 5.41) is 0. The molecule has 2 fully saturated rings. The smallest absolute Gasteiger partial charge is 0.299 e. The molecule has 23 heavy (non-hydrogen) atoms. The van der Waals surface area contributed by atoms with E-state index in [1.165, 1.54) is 6.08 Å². The zero-order valence-corrected chi connectivity index (χ0v) is 12.9. The molecule has 0 radical (unpaired) electrons. The highest BCUT2D eigenvalue weighted by Crippen LogP contribution is 2.53. The molecule has 1 aromatic rings. The predicted molar refractivity (Wildman–Crippen MR) is 81.6 cm³/mol. The Morgan fingerprint density at radius 2 is 1.96 bits per heavy atom. The van der Waals surface area contributed by atoms with Gasteiger partial charge in [0.2, 0.25) is 0 Å². The van der Waals surface area contributed by atoms with Crippen LogP contribution in [0, 0.1) is 17.8 Å². The molecule has 2 aliphatic rings. The molecule has 0 unspecified atom stereocenters. The maximum absolute atomic E-state index is 12.6. The molecule has 0 spiro atoms. The summed E-state index contributed by atoms with van der Waals surface area (Å²) in [5.41, 5.74) is 0.293. The number of allylic oxidation sites excluding steroid dienone is 1. The third kappa shape index (κ3) is 3.66. The van der Waals surface area contributed by atoms with E-state index in [2.05, 4.69) is 11.5 Å². The number of piperidine rings is 1. The molecule has 0 aromatic heterocycles. The predicted octanol–water partition coefficient (Wildman–Crippen LogP) is 3.92. The topological polar surface area (TPSA) is 20.3 Å². The zero-order chi connectivity index (χ0) is 16.6. The summed E-state index contributed by atoms with van der Waals surface area (Å²) in [5.74, 6) is 1.78. The second-order valence-corrected chi connectivity index (χ2v) is 6.58. The molecule has 2 nitrogen and oxygen atoms in total. The molecule has 124 valence electrons. The molecule has 0 bridgehead atoms. The first kappa shape index (κ1) is 16.2. The molecule has 1 saturated heterocycles. The molecule has 1 heterocycles. The molecule has 5 heteroatoms. The van der Waals surface area contributed by atoms with Gasteiger partial charge in [-0.2, -0.15) is 13.2 Å². The third-order valence-corrected chi connectivity index (χ3v) is 5.11. The Balaban J connectivity index is 1.54. The maximum atomic E-state index is 12.6. The van der Waals surface area contributed by atoms with E-state index in [1.54, 1.807) is 12.1 Å². The van der Waals surface area contributed by atoms with Gasteiger partial charge in [0.05, 0.1) is 5.56 Å². The monoisotopic (exact) mass is 323 g/mol. The number of carbonyl (C=O) groups excluding carboxylic acids is 1. The van der Waals surface area contributed by atoms with Crippen molar-refractivity contribution in [2.75, 3.05) is 13.1 Å². The fourth-order valence-corrected chi connectivity index (χ4v) is 3.76. The summed E-state index contributed by atoms with van der Waals surface area (Å²) in [6, 6.07) is 5.40. The highest BCUT2D eigenvalue weighted by molar-refractivity contribution is 5.89. The zero-order valence-electron chi connectivity index (χ0n) is 12.9. The van der Waals surface area contributed by atoms with Crippen LogP contribution in [-0.2, 0) is 17.5 Å². The van der Waals surface area contributed by atoms with Gasteiger partial charge in [0.15, 0.2) is 5.78 Å². The Bertz CT molecular complexity index is 593. The number of hydrogen-bond acceptors (Lipinski definition) is 2. The molecule has 3 rings (SSSR count). The SMILES string of the molecule is C=CC(=O)C[C@H]1[C@@H]2CCN(Cc3ccc(C(F)(F)F)cc3)C[C@@H]21. The lowest BCUT2D eigenvalue weighted by Crippen LogP contribution is -2.30. The van der Waals surface area contributed by atoms with Crippen molar-refractivity contribution in [1.29, 1.82) is 0 Å². The lowest BCUT2D eigenvalue weighted by Gasteiger charge is -2.26. The van der Waals surface area contributed by atoms with Crippen molar-refractivity contribution in [3.63, 3.8) is 0 Å². The number of alkyl halides is 3. The van der Waals surface area contributed by atoms with Gasteiger partial charge in [0.25, 0.3) is 0 Å². The lowest BCUT2D eigenvalue weighted by molar-refractivity contribution is -0.137. The van der Waals surface area contributed by atoms with Gasteiger partial charge in [-0.15, -0.1) is 0 Å². The van der Waals surface area contributed by atoms with Gasteiger partial charge in [0.1, 0.15) is 0 Å². The van der Waals surface area contributed by atoms with E-state index >= 15 is 0 Å². The van der Waals surface area contributed by atoms with E-state index in [0.717, 1.165) is 37.2 Å². The van der Waals surface area contributed by atoms with E-state index in [0.29, 0.717) is 30.7 Å². The summed E-state index contributed by atoms with van der Waals surface area (Å²) in [4.78, 5) is 13.7. The number of nitrogens with zero attached hydrogens (tertiary/aromatic N) is 1. The number of rotatable bonds is 5. The number of halogens is 3. The molecular formula is C18H20F3NO. The molecule has 1 aromatic carbocycles. The number of hydrogen-bond donors (Lipinski definition) is 0. The van der Waals surface area contributed by atoms with E-state index in [9.17, 15) is 18.0 Å². The minimum atomic E-state index is -4.28. The van der Waals surface area contributed by atoms with Gasteiger partial charge < -0.3 is 0 Å². The number of carbonyl (C=O) groups is 1. The van der Waals surface area contributed by atoms with Crippen LogP contribution < -0.4 is 0 Å². The number of likely N-dealkylation sites (tertiary alicyclic amines) is 1. The summed E-state index contributed by atoms with van der Waals surface area (Å²) in [7, 11) is 0. The second kappa shape index (κ2) is 6.11. The molecule has 1 aliphatic heterocycles. The Kier molecular flexibility index (Phi) is 4.32. The minimum absolute atomic E-state index is 0.110. The first-order valence-electron chi connectivity index (χ1n) is 7.92. The van der Waals surface area contributed by atoms with Crippen LogP contribution in [0.15, 0.2) is 36.9 Å². The van der Waals surface area contributed by atoms with Crippen LogP contribution in [-0.4, -0.2) is 23.8 Å². The molecule has 0 N–H and O–H groups in total. The first-order valence-corrected chi connectivity index (χ1v) is 7.92. The summed E-state index contributed by atoms with van der Waals surface area (Å²) < 4.78 is 37.7. The van der Waals surface area contributed by atoms with Crippen molar-refractivity contribution in [3.05, 3.63) is 48.0 Å². The average molecular weight is 323 g/mol.